The summed E-state index contributed by atoms with van der Waals surface area (Å²) in [5.74, 6) is 1.33. The topological polar surface area (TPSA) is 68.6 Å². The molecule has 3 rings (SSSR count). The van der Waals surface area contributed by atoms with Gasteiger partial charge in [0.2, 0.25) is 5.95 Å². The van der Waals surface area contributed by atoms with Crippen LogP contribution in [0.1, 0.15) is 19.3 Å². The first-order chi connectivity index (χ1) is 9.86. The molecule has 0 atom stereocenters. The maximum Gasteiger partial charge on any atom is 0.225 e. The van der Waals surface area contributed by atoms with Crippen LogP contribution in [0.25, 0.3) is 11.1 Å². The van der Waals surface area contributed by atoms with Crippen molar-refractivity contribution in [1.29, 1.82) is 5.26 Å². The van der Waals surface area contributed by atoms with Crippen LogP contribution in [0.2, 0.25) is 0 Å². The lowest BCUT2D eigenvalue weighted by atomic mass is 9.94. The van der Waals surface area contributed by atoms with E-state index in [1.807, 2.05) is 30.9 Å². The number of piperidine rings is 1. The minimum atomic E-state index is 0.537. The zero-order valence-corrected chi connectivity index (χ0v) is 11.3. The summed E-state index contributed by atoms with van der Waals surface area (Å²) in [5, 5.41) is 8.73. The van der Waals surface area contributed by atoms with Gasteiger partial charge in [0.15, 0.2) is 0 Å². The van der Waals surface area contributed by atoms with Crippen molar-refractivity contribution in [3.63, 3.8) is 0 Å². The number of hydrogen-bond acceptors (Lipinski definition) is 4. The van der Waals surface area contributed by atoms with E-state index in [4.69, 9.17) is 5.26 Å². The van der Waals surface area contributed by atoms with Crippen LogP contribution in [0.3, 0.4) is 0 Å². The van der Waals surface area contributed by atoms with E-state index in [2.05, 4.69) is 25.9 Å². The van der Waals surface area contributed by atoms with Gasteiger partial charge in [-0.1, -0.05) is 0 Å². The van der Waals surface area contributed by atoms with Gasteiger partial charge < -0.3 is 9.88 Å². The standard InChI is InChI=1S/C15H17N5/c16-5-1-12-3-7-20(8-4-12)15-18-10-14(11-19-15)13-2-6-17-9-13/h2,6,9-12,17H,1,3-4,7-8H2. The summed E-state index contributed by atoms with van der Waals surface area (Å²) in [5.41, 5.74) is 2.12. The fourth-order valence-electron chi connectivity index (χ4n) is 2.60. The molecule has 102 valence electrons. The van der Waals surface area contributed by atoms with Crippen molar-refractivity contribution >= 4 is 5.95 Å². The predicted octanol–water partition coefficient (Wildman–Crippen LogP) is 2.60. The Morgan fingerprint density at radius 3 is 2.60 bits per heavy atom. The van der Waals surface area contributed by atoms with Crippen LogP contribution < -0.4 is 4.90 Å². The highest BCUT2D eigenvalue weighted by Crippen LogP contribution is 2.23. The van der Waals surface area contributed by atoms with Gasteiger partial charge in [-0.3, -0.25) is 0 Å². The van der Waals surface area contributed by atoms with Crippen molar-refractivity contribution in [2.75, 3.05) is 18.0 Å². The average Bonchev–Trinajstić information content (AvgIpc) is 3.03. The molecule has 0 bridgehead atoms. The van der Waals surface area contributed by atoms with Gasteiger partial charge in [0.25, 0.3) is 0 Å². The van der Waals surface area contributed by atoms with E-state index in [1.165, 1.54) is 0 Å². The summed E-state index contributed by atoms with van der Waals surface area (Å²) in [6.45, 7) is 1.88. The van der Waals surface area contributed by atoms with E-state index in [0.717, 1.165) is 43.0 Å². The summed E-state index contributed by atoms with van der Waals surface area (Å²) in [6.07, 6.45) is 10.3. The maximum atomic E-state index is 8.73. The molecule has 0 spiro atoms. The van der Waals surface area contributed by atoms with E-state index in [1.54, 1.807) is 0 Å². The van der Waals surface area contributed by atoms with Gasteiger partial charge in [0, 0.05) is 55.4 Å². The Morgan fingerprint density at radius 1 is 1.25 bits per heavy atom. The third-order valence-electron chi connectivity index (χ3n) is 3.85. The van der Waals surface area contributed by atoms with Gasteiger partial charge in [-0.2, -0.15) is 5.26 Å². The number of nitriles is 1. The van der Waals surface area contributed by atoms with E-state index in [0.29, 0.717) is 12.3 Å². The lowest BCUT2D eigenvalue weighted by Gasteiger charge is -2.30. The Kier molecular flexibility index (Phi) is 3.64. The monoisotopic (exact) mass is 267 g/mol. The number of nitrogens with zero attached hydrogens (tertiary/aromatic N) is 4. The Hall–Kier alpha value is -2.35. The smallest absolute Gasteiger partial charge is 0.225 e. The SMILES string of the molecule is N#CCC1CCN(c2ncc(-c3cc[nH]c3)cn2)CC1. The van der Waals surface area contributed by atoms with Gasteiger partial charge >= 0.3 is 0 Å². The quantitative estimate of drug-likeness (QED) is 0.928. The van der Waals surface area contributed by atoms with Crippen molar-refractivity contribution < 1.29 is 0 Å². The summed E-state index contributed by atoms with van der Waals surface area (Å²) < 4.78 is 0. The molecule has 1 aliphatic heterocycles. The van der Waals surface area contributed by atoms with Crippen molar-refractivity contribution in [2.24, 2.45) is 5.92 Å². The molecule has 0 aliphatic carbocycles. The second-order valence-corrected chi connectivity index (χ2v) is 5.16. The van der Waals surface area contributed by atoms with E-state index >= 15 is 0 Å². The van der Waals surface area contributed by atoms with Gasteiger partial charge in [-0.25, -0.2) is 9.97 Å². The molecule has 2 aromatic heterocycles. The van der Waals surface area contributed by atoms with Crippen LogP contribution in [0.5, 0.6) is 0 Å². The van der Waals surface area contributed by atoms with Crippen molar-refractivity contribution in [1.82, 2.24) is 15.0 Å². The Morgan fingerprint density at radius 2 is 2.00 bits per heavy atom. The van der Waals surface area contributed by atoms with Crippen LogP contribution in [0, 0.1) is 17.2 Å². The summed E-state index contributed by atoms with van der Waals surface area (Å²) in [4.78, 5) is 14.2. The maximum absolute atomic E-state index is 8.73. The number of H-pyrrole nitrogens is 1. The first-order valence-electron chi connectivity index (χ1n) is 6.94. The molecule has 20 heavy (non-hydrogen) atoms. The van der Waals surface area contributed by atoms with Crippen LogP contribution in [-0.4, -0.2) is 28.0 Å². The Balaban J connectivity index is 1.66. The van der Waals surface area contributed by atoms with E-state index in [9.17, 15) is 0 Å². The largest absolute Gasteiger partial charge is 0.367 e. The molecule has 0 unspecified atom stereocenters. The fraction of sp³-hybridized carbons (Fsp3) is 0.400. The minimum absolute atomic E-state index is 0.537. The molecule has 2 aromatic rings. The molecule has 0 saturated carbocycles. The van der Waals surface area contributed by atoms with Crippen LogP contribution in [0.15, 0.2) is 30.9 Å². The number of aromatic nitrogens is 3. The van der Waals surface area contributed by atoms with Crippen molar-refractivity contribution in [3.8, 4) is 17.2 Å². The van der Waals surface area contributed by atoms with Crippen LogP contribution in [-0.2, 0) is 0 Å². The van der Waals surface area contributed by atoms with Gasteiger partial charge in [0.05, 0.1) is 6.07 Å². The molecule has 1 N–H and O–H groups in total. The zero-order chi connectivity index (χ0) is 13.8. The van der Waals surface area contributed by atoms with Gasteiger partial charge in [-0.05, 0) is 24.8 Å². The predicted molar refractivity (Wildman–Crippen MR) is 77.0 cm³/mol. The first kappa shape index (κ1) is 12.7. The third-order valence-corrected chi connectivity index (χ3v) is 3.85. The number of hydrogen-bond donors (Lipinski definition) is 1. The van der Waals surface area contributed by atoms with E-state index in [-0.39, 0.29) is 0 Å². The molecule has 0 aromatic carbocycles. The average molecular weight is 267 g/mol. The molecule has 1 saturated heterocycles. The summed E-state index contributed by atoms with van der Waals surface area (Å²) >= 11 is 0. The van der Waals surface area contributed by atoms with Gasteiger partial charge in [0.1, 0.15) is 0 Å². The van der Waals surface area contributed by atoms with Crippen molar-refractivity contribution in [2.45, 2.75) is 19.3 Å². The van der Waals surface area contributed by atoms with Crippen LogP contribution in [0.4, 0.5) is 5.95 Å². The molecule has 1 fully saturated rings. The number of rotatable bonds is 3. The molecular formula is C15H17N5. The van der Waals surface area contributed by atoms with Gasteiger partial charge in [-0.15, -0.1) is 0 Å². The normalized spacial score (nSPS) is 16.1. The van der Waals surface area contributed by atoms with E-state index < -0.39 is 0 Å². The second-order valence-electron chi connectivity index (χ2n) is 5.16. The highest BCUT2D eigenvalue weighted by Gasteiger charge is 2.20. The Labute approximate surface area is 118 Å². The molecule has 0 amide bonds. The lowest BCUT2D eigenvalue weighted by Crippen LogP contribution is -2.34. The summed E-state index contributed by atoms with van der Waals surface area (Å²) in [6, 6.07) is 4.27. The molecule has 5 nitrogen and oxygen atoms in total. The molecule has 5 heteroatoms. The highest BCUT2D eigenvalue weighted by atomic mass is 15.2. The fourth-order valence-corrected chi connectivity index (χ4v) is 2.60. The Bertz CT molecular complexity index is 574. The molecular weight excluding hydrogens is 250 g/mol. The summed E-state index contributed by atoms with van der Waals surface area (Å²) in [7, 11) is 0. The molecule has 1 aliphatic rings. The van der Waals surface area contributed by atoms with Crippen molar-refractivity contribution in [3.05, 3.63) is 30.9 Å². The third kappa shape index (κ3) is 2.64. The second kappa shape index (κ2) is 5.74. The van der Waals surface area contributed by atoms with Crippen LogP contribution >= 0.6 is 0 Å². The highest BCUT2D eigenvalue weighted by molar-refractivity contribution is 5.61. The first-order valence-corrected chi connectivity index (χ1v) is 6.94. The molecule has 0 radical (unpaired) electrons. The number of anilines is 1. The number of aromatic amines is 1. The minimum Gasteiger partial charge on any atom is -0.367 e. The number of nitrogens with one attached hydrogen (secondary N) is 1. The molecule has 3 heterocycles. The lowest BCUT2D eigenvalue weighted by molar-refractivity contribution is 0.409. The zero-order valence-electron chi connectivity index (χ0n) is 11.3.